The molecule has 0 aliphatic heterocycles. The Bertz CT molecular complexity index is 299. The van der Waals surface area contributed by atoms with Gasteiger partial charge in [-0.1, -0.05) is 50.6 Å². The fourth-order valence-electron chi connectivity index (χ4n) is 2.49. The Hall–Kier alpha value is -0.860. The normalized spacial score (nSPS) is 16.8. The van der Waals surface area contributed by atoms with Crippen molar-refractivity contribution >= 4 is 0 Å². The van der Waals surface area contributed by atoms with Gasteiger partial charge in [0.25, 0.3) is 0 Å². The first-order chi connectivity index (χ1) is 7.71. The molecule has 0 radical (unpaired) electrons. The highest BCUT2D eigenvalue weighted by Crippen LogP contribution is 2.35. The summed E-state index contributed by atoms with van der Waals surface area (Å²) in [5.74, 6) is 0.194. The first kappa shape index (κ1) is 13.2. The Balaban J connectivity index is 3.11. The van der Waals surface area contributed by atoms with Gasteiger partial charge in [-0.15, -0.1) is 0 Å². The fourth-order valence-corrected chi connectivity index (χ4v) is 2.49. The number of hydrogen-bond acceptors (Lipinski definition) is 2. The summed E-state index contributed by atoms with van der Waals surface area (Å²) in [5, 5.41) is 9.43. The largest absolute Gasteiger partial charge is 0.396 e. The lowest BCUT2D eigenvalue weighted by atomic mass is 9.68. The minimum atomic E-state index is -0.0786. The summed E-state index contributed by atoms with van der Waals surface area (Å²) in [4.78, 5) is 0. The van der Waals surface area contributed by atoms with Gasteiger partial charge < -0.3 is 10.8 Å². The van der Waals surface area contributed by atoms with Gasteiger partial charge in [-0.2, -0.15) is 0 Å². The van der Waals surface area contributed by atoms with Gasteiger partial charge in [-0.3, -0.25) is 0 Å². The molecule has 0 bridgehead atoms. The van der Waals surface area contributed by atoms with Crippen LogP contribution in [0, 0.1) is 5.92 Å². The summed E-state index contributed by atoms with van der Waals surface area (Å²) >= 11 is 0. The van der Waals surface area contributed by atoms with Gasteiger partial charge in [0, 0.05) is 18.6 Å². The maximum atomic E-state index is 9.43. The van der Waals surface area contributed by atoms with Crippen LogP contribution in [0.1, 0.15) is 32.3 Å². The van der Waals surface area contributed by atoms with E-state index in [0.29, 0.717) is 6.54 Å². The molecule has 0 saturated heterocycles. The lowest BCUT2D eigenvalue weighted by Gasteiger charge is -2.38. The van der Waals surface area contributed by atoms with E-state index in [1.54, 1.807) is 0 Å². The smallest absolute Gasteiger partial charge is 0.0465 e. The Morgan fingerprint density at radius 2 is 1.94 bits per heavy atom. The number of nitrogens with two attached hydrogens (primary N) is 1. The number of aliphatic hydroxyl groups is 1. The molecule has 0 spiro atoms. The zero-order chi connectivity index (χ0) is 12.0. The molecule has 0 unspecified atom stereocenters. The third kappa shape index (κ3) is 2.45. The van der Waals surface area contributed by atoms with Gasteiger partial charge in [0.1, 0.15) is 0 Å². The highest BCUT2D eigenvalue weighted by Gasteiger charge is 2.35. The predicted molar refractivity (Wildman–Crippen MR) is 68.3 cm³/mol. The van der Waals surface area contributed by atoms with Gasteiger partial charge >= 0.3 is 0 Å². The van der Waals surface area contributed by atoms with Crippen LogP contribution in [-0.4, -0.2) is 18.3 Å². The molecular weight excluding hydrogens is 198 g/mol. The second-order valence-corrected chi connectivity index (χ2v) is 4.56. The van der Waals surface area contributed by atoms with Gasteiger partial charge in [-0.25, -0.2) is 0 Å². The second-order valence-electron chi connectivity index (χ2n) is 4.56. The van der Waals surface area contributed by atoms with E-state index in [1.165, 1.54) is 5.56 Å². The molecule has 0 fully saturated rings. The highest BCUT2D eigenvalue weighted by atomic mass is 16.3. The first-order valence-corrected chi connectivity index (χ1v) is 6.07. The SMILES string of the molecule is CCC[C@@](CN)(c1ccccc1)[C@@H](C)CO. The van der Waals surface area contributed by atoms with Crippen LogP contribution in [-0.2, 0) is 5.41 Å². The number of rotatable bonds is 6. The minimum absolute atomic E-state index is 0.0786. The molecule has 1 aromatic rings. The van der Waals surface area contributed by atoms with Crippen LogP contribution < -0.4 is 5.73 Å². The van der Waals surface area contributed by atoms with Crippen LogP contribution in [0.4, 0.5) is 0 Å². The van der Waals surface area contributed by atoms with Gasteiger partial charge in [0.2, 0.25) is 0 Å². The van der Waals surface area contributed by atoms with E-state index >= 15 is 0 Å². The van der Waals surface area contributed by atoms with Crippen molar-refractivity contribution in [3.8, 4) is 0 Å². The molecule has 0 saturated carbocycles. The van der Waals surface area contributed by atoms with Crippen LogP contribution in [0.15, 0.2) is 30.3 Å². The summed E-state index contributed by atoms with van der Waals surface area (Å²) in [7, 11) is 0. The van der Waals surface area contributed by atoms with E-state index in [2.05, 4.69) is 26.0 Å². The Kier molecular flexibility index (Phi) is 4.97. The van der Waals surface area contributed by atoms with E-state index in [4.69, 9.17) is 5.73 Å². The quantitative estimate of drug-likeness (QED) is 0.774. The molecule has 0 aliphatic rings. The zero-order valence-corrected chi connectivity index (χ0v) is 10.3. The first-order valence-electron chi connectivity index (χ1n) is 6.07. The number of benzene rings is 1. The Morgan fingerprint density at radius 1 is 1.31 bits per heavy atom. The van der Waals surface area contributed by atoms with Crippen LogP contribution >= 0.6 is 0 Å². The average molecular weight is 221 g/mol. The van der Waals surface area contributed by atoms with E-state index < -0.39 is 0 Å². The van der Waals surface area contributed by atoms with Gasteiger partial charge in [0.15, 0.2) is 0 Å². The molecule has 90 valence electrons. The maximum Gasteiger partial charge on any atom is 0.0465 e. The fraction of sp³-hybridized carbons (Fsp3) is 0.571. The zero-order valence-electron chi connectivity index (χ0n) is 10.3. The van der Waals surface area contributed by atoms with Crippen molar-refractivity contribution in [2.45, 2.75) is 32.1 Å². The molecule has 1 aromatic carbocycles. The summed E-state index contributed by atoms with van der Waals surface area (Å²) in [6.45, 7) is 5.02. The maximum absolute atomic E-state index is 9.43. The summed E-state index contributed by atoms with van der Waals surface area (Å²) in [6, 6.07) is 10.3. The van der Waals surface area contributed by atoms with Crippen molar-refractivity contribution in [1.82, 2.24) is 0 Å². The van der Waals surface area contributed by atoms with E-state index in [1.807, 2.05) is 18.2 Å². The monoisotopic (exact) mass is 221 g/mol. The van der Waals surface area contributed by atoms with Crippen molar-refractivity contribution in [2.24, 2.45) is 11.7 Å². The minimum Gasteiger partial charge on any atom is -0.396 e. The van der Waals surface area contributed by atoms with Crippen molar-refractivity contribution in [1.29, 1.82) is 0 Å². The molecule has 0 amide bonds. The number of aliphatic hydroxyl groups excluding tert-OH is 1. The van der Waals surface area contributed by atoms with Gasteiger partial charge in [0.05, 0.1) is 0 Å². The van der Waals surface area contributed by atoms with Crippen molar-refractivity contribution in [3.05, 3.63) is 35.9 Å². The Morgan fingerprint density at radius 3 is 2.38 bits per heavy atom. The standard InChI is InChI=1S/C14H23NO/c1-3-9-14(11-15,12(2)10-16)13-7-5-4-6-8-13/h4-8,12,16H,3,9-11,15H2,1-2H3/t12-,14-/m0/s1. The molecule has 3 N–H and O–H groups in total. The van der Waals surface area contributed by atoms with Crippen LogP contribution in [0.2, 0.25) is 0 Å². The Labute approximate surface area is 98.5 Å². The molecule has 0 aromatic heterocycles. The number of hydrogen-bond donors (Lipinski definition) is 2. The molecule has 16 heavy (non-hydrogen) atoms. The molecule has 1 rings (SSSR count). The molecule has 0 heterocycles. The molecule has 2 nitrogen and oxygen atoms in total. The molecule has 0 aliphatic carbocycles. The average Bonchev–Trinajstić information content (AvgIpc) is 2.36. The predicted octanol–water partition coefficient (Wildman–Crippen LogP) is 2.31. The topological polar surface area (TPSA) is 46.2 Å². The van der Waals surface area contributed by atoms with E-state index in [9.17, 15) is 5.11 Å². The van der Waals surface area contributed by atoms with E-state index in [0.717, 1.165) is 12.8 Å². The van der Waals surface area contributed by atoms with Crippen molar-refractivity contribution < 1.29 is 5.11 Å². The molecular formula is C14H23NO. The van der Waals surface area contributed by atoms with Crippen LogP contribution in [0.25, 0.3) is 0 Å². The van der Waals surface area contributed by atoms with Crippen molar-refractivity contribution in [2.75, 3.05) is 13.2 Å². The van der Waals surface area contributed by atoms with Gasteiger partial charge in [-0.05, 0) is 17.9 Å². The second kappa shape index (κ2) is 6.02. The highest BCUT2D eigenvalue weighted by molar-refractivity contribution is 5.27. The van der Waals surface area contributed by atoms with Crippen molar-refractivity contribution in [3.63, 3.8) is 0 Å². The van der Waals surface area contributed by atoms with Crippen LogP contribution in [0.5, 0.6) is 0 Å². The lowest BCUT2D eigenvalue weighted by Crippen LogP contribution is -2.42. The third-order valence-corrected chi connectivity index (χ3v) is 3.63. The molecule has 2 atom stereocenters. The molecule has 2 heteroatoms. The third-order valence-electron chi connectivity index (χ3n) is 3.63. The van der Waals surface area contributed by atoms with Crippen LogP contribution in [0.3, 0.4) is 0 Å². The summed E-state index contributed by atoms with van der Waals surface area (Å²) in [5.41, 5.74) is 7.16. The lowest BCUT2D eigenvalue weighted by molar-refractivity contribution is 0.156. The summed E-state index contributed by atoms with van der Waals surface area (Å²) in [6.07, 6.45) is 2.10. The summed E-state index contributed by atoms with van der Waals surface area (Å²) < 4.78 is 0. The van der Waals surface area contributed by atoms with E-state index in [-0.39, 0.29) is 17.9 Å².